The summed E-state index contributed by atoms with van der Waals surface area (Å²) in [6, 6.07) is 0. The maximum Gasteiger partial charge on any atom is 0.343 e. The Balaban J connectivity index is 3.35. The number of pyridine rings is 1. The molecular weight excluding hydrogens is 220 g/mol. The molecule has 0 unspecified atom stereocenters. The Morgan fingerprint density at radius 3 is 2.50 bits per heavy atom. The van der Waals surface area contributed by atoms with Gasteiger partial charge in [-0.1, -0.05) is 0 Å². The predicted molar refractivity (Wildman–Crippen MR) is 51.8 cm³/mol. The summed E-state index contributed by atoms with van der Waals surface area (Å²) in [6.45, 7) is 1.42. The molecule has 0 radical (unpaired) electrons. The highest BCUT2D eigenvalue weighted by Gasteiger charge is 2.22. The topological polar surface area (TPSA) is 48.4 Å². The van der Waals surface area contributed by atoms with Crippen molar-refractivity contribution >= 4 is 5.97 Å². The lowest BCUT2D eigenvalue weighted by Crippen LogP contribution is -2.08. The first-order chi connectivity index (χ1) is 7.52. The van der Waals surface area contributed by atoms with Crippen molar-refractivity contribution in [3.8, 4) is 5.75 Å². The van der Waals surface area contributed by atoms with Crippen LogP contribution in [0, 0.1) is 6.92 Å². The summed E-state index contributed by atoms with van der Waals surface area (Å²) in [5.41, 5.74) is -0.225. The summed E-state index contributed by atoms with van der Waals surface area (Å²) in [5.74, 6) is -0.606. The summed E-state index contributed by atoms with van der Waals surface area (Å²) in [5, 5.41) is 0. The van der Waals surface area contributed by atoms with Crippen molar-refractivity contribution in [3.63, 3.8) is 0 Å². The average Bonchev–Trinajstić information content (AvgIpc) is 2.26. The lowest BCUT2D eigenvalue weighted by atomic mass is 10.1. The molecule has 0 aromatic carbocycles. The number of rotatable bonds is 3. The Morgan fingerprint density at radius 1 is 1.44 bits per heavy atom. The maximum atomic E-state index is 12.5. The zero-order valence-electron chi connectivity index (χ0n) is 9.08. The normalized spacial score (nSPS) is 10.4. The number of halogens is 2. The number of aromatic nitrogens is 1. The lowest BCUT2D eigenvalue weighted by molar-refractivity contribution is 0.0595. The summed E-state index contributed by atoms with van der Waals surface area (Å²) in [6.07, 6.45) is -1.68. The first-order valence-electron chi connectivity index (χ1n) is 4.42. The third kappa shape index (κ3) is 2.10. The number of hydrogen-bond acceptors (Lipinski definition) is 4. The SMILES string of the molecule is COC(=O)c1cnc(C(F)F)c(C)c1OC. The van der Waals surface area contributed by atoms with Gasteiger partial charge in [0.25, 0.3) is 6.43 Å². The summed E-state index contributed by atoms with van der Waals surface area (Å²) in [4.78, 5) is 14.8. The van der Waals surface area contributed by atoms with Crippen LogP contribution in [0.3, 0.4) is 0 Å². The highest BCUT2D eigenvalue weighted by molar-refractivity contribution is 5.92. The molecule has 16 heavy (non-hydrogen) atoms. The molecule has 1 heterocycles. The molecular formula is C10H11F2NO3. The van der Waals surface area contributed by atoms with Crippen LogP contribution in [0.15, 0.2) is 6.20 Å². The predicted octanol–water partition coefficient (Wildman–Crippen LogP) is 2.12. The summed E-state index contributed by atoms with van der Waals surface area (Å²) >= 11 is 0. The summed E-state index contributed by atoms with van der Waals surface area (Å²) in [7, 11) is 2.49. The Hall–Kier alpha value is -1.72. The van der Waals surface area contributed by atoms with Gasteiger partial charge in [-0.3, -0.25) is 4.98 Å². The molecule has 6 heteroatoms. The number of hydrogen-bond donors (Lipinski definition) is 0. The van der Waals surface area contributed by atoms with E-state index >= 15 is 0 Å². The molecule has 0 aliphatic heterocycles. The minimum Gasteiger partial charge on any atom is -0.495 e. The van der Waals surface area contributed by atoms with Crippen LogP contribution in [0.4, 0.5) is 8.78 Å². The van der Waals surface area contributed by atoms with Gasteiger partial charge in [0.2, 0.25) is 0 Å². The van der Waals surface area contributed by atoms with E-state index in [0.717, 1.165) is 6.20 Å². The fourth-order valence-electron chi connectivity index (χ4n) is 1.35. The van der Waals surface area contributed by atoms with Gasteiger partial charge in [0.15, 0.2) is 0 Å². The van der Waals surface area contributed by atoms with Gasteiger partial charge in [0.05, 0.1) is 14.2 Å². The molecule has 0 bridgehead atoms. The molecule has 4 nitrogen and oxygen atoms in total. The van der Waals surface area contributed by atoms with Crippen LogP contribution in [0.1, 0.15) is 28.0 Å². The number of ether oxygens (including phenoxy) is 2. The first kappa shape index (κ1) is 12.4. The van der Waals surface area contributed by atoms with Crippen LogP contribution in [-0.4, -0.2) is 25.2 Å². The van der Waals surface area contributed by atoms with Gasteiger partial charge in [-0.05, 0) is 6.92 Å². The Bertz CT molecular complexity index is 407. The fraction of sp³-hybridized carbons (Fsp3) is 0.400. The zero-order chi connectivity index (χ0) is 12.3. The third-order valence-corrected chi connectivity index (χ3v) is 2.12. The van der Waals surface area contributed by atoms with E-state index in [-0.39, 0.29) is 16.9 Å². The van der Waals surface area contributed by atoms with E-state index in [2.05, 4.69) is 9.72 Å². The number of methoxy groups -OCH3 is 2. The average molecular weight is 231 g/mol. The molecule has 0 N–H and O–H groups in total. The summed E-state index contributed by atoms with van der Waals surface area (Å²) < 4.78 is 34.5. The van der Waals surface area contributed by atoms with E-state index < -0.39 is 18.1 Å². The van der Waals surface area contributed by atoms with Crippen molar-refractivity contribution in [3.05, 3.63) is 23.0 Å². The van der Waals surface area contributed by atoms with E-state index in [1.807, 2.05) is 0 Å². The standard InChI is InChI=1S/C10H11F2NO3/c1-5-7(9(11)12)13-4-6(8(5)15-2)10(14)16-3/h4,9H,1-3H3. The van der Waals surface area contributed by atoms with Crippen LogP contribution in [0.2, 0.25) is 0 Å². The molecule has 88 valence electrons. The maximum absolute atomic E-state index is 12.5. The molecule has 1 aromatic rings. The second-order valence-corrected chi connectivity index (χ2v) is 3.01. The van der Waals surface area contributed by atoms with Gasteiger partial charge in [-0.15, -0.1) is 0 Å². The van der Waals surface area contributed by atoms with Crippen molar-refractivity contribution in [1.82, 2.24) is 4.98 Å². The molecule has 0 atom stereocenters. The molecule has 0 spiro atoms. The lowest BCUT2D eigenvalue weighted by Gasteiger charge is -2.12. The largest absolute Gasteiger partial charge is 0.495 e. The van der Waals surface area contributed by atoms with E-state index in [1.54, 1.807) is 0 Å². The molecule has 0 saturated heterocycles. The second-order valence-electron chi connectivity index (χ2n) is 3.01. The quantitative estimate of drug-likeness (QED) is 0.747. The van der Waals surface area contributed by atoms with Crippen molar-refractivity contribution in [2.45, 2.75) is 13.3 Å². The van der Waals surface area contributed by atoms with Crippen LogP contribution >= 0.6 is 0 Å². The van der Waals surface area contributed by atoms with Crippen molar-refractivity contribution < 1.29 is 23.0 Å². The van der Waals surface area contributed by atoms with E-state index in [9.17, 15) is 13.6 Å². The van der Waals surface area contributed by atoms with E-state index in [1.165, 1.54) is 21.1 Å². The molecule has 0 fully saturated rings. The van der Waals surface area contributed by atoms with E-state index in [0.29, 0.717) is 0 Å². The number of esters is 1. The molecule has 1 aromatic heterocycles. The molecule has 1 rings (SSSR count). The van der Waals surface area contributed by atoms with Gasteiger partial charge in [0, 0.05) is 11.8 Å². The van der Waals surface area contributed by atoms with Gasteiger partial charge >= 0.3 is 5.97 Å². The van der Waals surface area contributed by atoms with Crippen LogP contribution in [0.5, 0.6) is 5.75 Å². The molecule has 0 aliphatic rings. The second kappa shape index (κ2) is 4.87. The Kier molecular flexibility index (Phi) is 3.76. The number of carbonyl (C=O) groups excluding carboxylic acids is 1. The molecule has 0 saturated carbocycles. The smallest absolute Gasteiger partial charge is 0.343 e. The number of carbonyl (C=O) groups is 1. The third-order valence-electron chi connectivity index (χ3n) is 2.12. The van der Waals surface area contributed by atoms with Crippen LogP contribution in [0.25, 0.3) is 0 Å². The van der Waals surface area contributed by atoms with Gasteiger partial charge in [-0.25, -0.2) is 13.6 Å². The highest BCUT2D eigenvalue weighted by Crippen LogP contribution is 2.30. The van der Waals surface area contributed by atoms with Crippen LogP contribution < -0.4 is 4.74 Å². The molecule has 0 amide bonds. The van der Waals surface area contributed by atoms with Crippen molar-refractivity contribution in [2.75, 3.05) is 14.2 Å². The van der Waals surface area contributed by atoms with Gasteiger partial charge < -0.3 is 9.47 Å². The van der Waals surface area contributed by atoms with Crippen LogP contribution in [-0.2, 0) is 4.74 Å². The van der Waals surface area contributed by atoms with Crippen molar-refractivity contribution in [1.29, 1.82) is 0 Å². The Morgan fingerprint density at radius 2 is 2.06 bits per heavy atom. The number of alkyl halides is 2. The Labute approximate surface area is 91.2 Å². The van der Waals surface area contributed by atoms with Crippen molar-refractivity contribution in [2.24, 2.45) is 0 Å². The minimum absolute atomic E-state index is 0.0342. The zero-order valence-corrected chi connectivity index (χ0v) is 9.08. The van der Waals surface area contributed by atoms with E-state index in [4.69, 9.17) is 4.74 Å². The highest BCUT2D eigenvalue weighted by atomic mass is 19.3. The monoisotopic (exact) mass is 231 g/mol. The van der Waals surface area contributed by atoms with Gasteiger partial charge in [0.1, 0.15) is 17.0 Å². The number of nitrogens with zero attached hydrogens (tertiary/aromatic N) is 1. The first-order valence-corrected chi connectivity index (χ1v) is 4.42. The fourth-order valence-corrected chi connectivity index (χ4v) is 1.35. The molecule has 0 aliphatic carbocycles. The van der Waals surface area contributed by atoms with Gasteiger partial charge in [-0.2, -0.15) is 0 Å². The minimum atomic E-state index is -2.71.